The SMILES string of the molecule is CC(NC(=O)C1=C(N)CN(Cc2cccnc2)CC1)c1ccccc1. The molecular formula is C20H24N4O. The molecule has 0 saturated heterocycles. The smallest absolute Gasteiger partial charge is 0.249 e. The second-order valence-corrected chi connectivity index (χ2v) is 6.43. The van der Waals surface area contributed by atoms with Crippen LogP contribution in [0.2, 0.25) is 0 Å². The fraction of sp³-hybridized carbons (Fsp3) is 0.300. The predicted molar refractivity (Wildman–Crippen MR) is 98.3 cm³/mol. The standard InChI is InChI=1S/C20H24N4O/c1-15(17-7-3-2-4-8-17)23-20(25)18-9-11-24(14-19(18)21)13-16-6-5-10-22-12-16/h2-8,10,12,15H,9,11,13-14,21H2,1H3,(H,23,25). The summed E-state index contributed by atoms with van der Waals surface area (Å²) < 4.78 is 0. The first-order chi connectivity index (χ1) is 12.1. The van der Waals surface area contributed by atoms with Crippen molar-refractivity contribution in [2.75, 3.05) is 13.1 Å². The third-order valence-corrected chi connectivity index (χ3v) is 4.51. The fourth-order valence-electron chi connectivity index (χ4n) is 3.10. The minimum atomic E-state index is -0.0603. The summed E-state index contributed by atoms with van der Waals surface area (Å²) in [4.78, 5) is 19.0. The monoisotopic (exact) mass is 336 g/mol. The molecule has 0 saturated carbocycles. The number of nitrogens with two attached hydrogens (primary N) is 1. The number of hydrogen-bond donors (Lipinski definition) is 2. The quantitative estimate of drug-likeness (QED) is 0.879. The van der Waals surface area contributed by atoms with Crippen LogP contribution in [0.3, 0.4) is 0 Å². The number of nitrogens with one attached hydrogen (secondary N) is 1. The number of rotatable bonds is 5. The van der Waals surface area contributed by atoms with Crippen LogP contribution in [0.15, 0.2) is 66.1 Å². The van der Waals surface area contributed by atoms with Gasteiger partial charge < -0.3 is 11.1 Å². The first-order valence-electron chi connectivity index (χ1n) is 8.58. The Kier molecular flexibility index (Phi) is 5.46. The van der Waals surface area contributed by atoms with Gasteiger partial charge in [0.15, 0.2) is 0 Å². The van der Waals surface area contributed by atoms with Crippen LogP contribution in [-0.2, 0) is 11.3 Å². The normalized spacial score (nSPS) is 16.5. The molecule has 130 valence electrons. The summed E-state index contributed by atoms with van der Waals surface area (Å²) in [5.74, 6) is -0.0603. The minimum Gasteiger partial charge on any atom is -0.401 e. The lowest BCUT2D eigenvalue weighted by Gasteiger charge is -2.29. The van der Waals surface area contributed by atoms with Crippen LogP contribution in [0, 0.1) is 0 Å². The van der Waals surface area contributed by atoms with Crippen molar-refractivity contribution >= 4 is 5.91 Å². The Morgan fingerprint density at radius 1 is 1.28 bits per heavy atom. The van der Waals surface area contributed by atoms with Gasteiger partial charge in [0.25, 0.3) is 0 Å². The molecular weight excluding hydrogens is 312 g/mol. The van der Waals surface area contributed by atoms with Gasteiger partial charge in [-0.2, -0.15) is 0 Å². The van der Waals surface area contributed by atoms with Crippen molar-refractivity contribution < 1.29 is 4.79 Å². The highest BCUT2D eigenvalue weighted by molar-refractivity contribution is 5.94. The molecule has 1 amide bonds. The van der Waals surface area contributed by atoms with Gasteiger partial charge in [-0.25, -0.2) is 0 Å². The Bertz CT molecular complexity index is 743. The summed E-state index contributed by atoms with van der Waals surface area (Å²) in [7, 11) is 0. The molecule has 2 heterocycles. The van der Waals surface area contributed by atoms with Crippen molar-refractivity contribution in [1.29, 1.82) is 0 Å². The average Bonchev–Trinajstić information content (AvgIpc) is 2.63. The Morgan fingerprint density at radius 3 is 2.76 bits per heavy atom. The van der Waals surface area contributed by atoms with Crippen molar-refractivity contribution in [3.63, 3.8) is 0 Å². The molecule has 0 fully saturated rings. The summed E-state index contributed by atoms with van der Waals surface area (Å²) in [6, 6.07) is 13.9. The van der Waals surface area contributed by atoms with Crippen LogP contribution >= 0.6 is 0 Å². The molecule has 3 rings (SSSR count). The molecule has 1 aromatic heterocycles. The second-order valence-electron chi connectivity index (χ2n) is 6.43. The lowest BCUT2D eigenvalue weighted by molar-refractivity contribution is -0.118. The zero-order chi connectivity index (χ0) is 17.6. The lowest BCUT2D eigenvalue weighted by Crippen LogP contribution is -2.39. The number of nitrogens with zero attached hydrogens (tertiary/aromatic N) is 2. The molecule has 1 aliphatic heterocycles. The van der Waals surface area contributed by atoms with E-state index >= 15 is 0 Å². The maximum absolute atomic E-state index is 12.6. The molecule has 1 aromatic carbocycles. The van der Waals surface area contributed by atoms with Crippen LogP contribution in [0.25, 0.3) is 0 Å². The van der Waals surface area contributed by atoms with E-state index in [2.05, 4.69) is 21.3 Å². The highest BCUT2D eigenvalue weighted by Gasteiger charge is 2.23. The number of carbonyl (C=O) groups is 1. The number of aromatic nitrogens is 1. The van der Waals surface area contributed by atoms with E-state index in [-0.39, 0.29) is 11.9 Å². The average molecular weight is 336 g/mol. The summed E-state index contributed by atoms with van der Waals surface area (Å²) in [5, 5.41) is 3.06. The molecule has 1 aliphatic rings. The Balaban J connectivity index is 1.61. The minimum absolute atomic E-state index is 0.0394. The summed E-state index contributed by atoms with van der Waals surface area (Å²) >= 11 is 0. The molecule has 0 spiro atoms. The van der Waals surface area contributed by atoms with Gasteiger partial charge in [-0.05, 0) is 30.5 Å². The van der Waals surface area contributed by atoms with Gasteiger partial charge in [0.1, 0.15) is 0 Å². The van der Waals surface area contributed by atoms with E-state index in [1.54, 1.807) is 6.20 Å². The number of amides is 1. The lowest BCUT2D eigenvalue weighted by atomic mass is 10.0. The second kappa shape index (κ2) is 7.94. The van der Waals surface area contributed by atoms with Crippen LogP contribution in [-0.4, -0.2) is 28.9 Å². The third kappa shape index (κ3) is 4.45. The van der Waals surface area contributed by atoms with Crippen molar-refractivity contribution in [2.45, 2.75) is 25.9 Å². The van der Waals surface area contributed by atoms with Crippen LogP contribution in [0.1, 0.15) is 30.5 Å². The molecule has 1 unspecified atom stereocenters. The zero-order valence-electron chi connectivity index (χ0n) is 14.5. The van der Waals surface area contributed by atoms with Crippen LogP contribution < -0.4 is 11.1 Å². The van der Waals surface area contributed by atoms with Crippen molar-refractivity contribution in [3.05, 3.63) is 77.3 Å². The summed E-state index contributed by atoms with van der Waals surface area (Å²) in [6.07, 6.45) is 4.30. The maximum Gasteiger partial charge on any atom is 0.249 e. The van der Waals surface area contributed by atoms with Gasteiger partial charge in [0.2, 0.25) is 5.91 Å². The van der Waals surface area contributed by atoms with E-state index in [9.17, 15) is 4.79 Å². The molecule has 0 radical (unpaired) electrons. The van der Waals surface area contributed by atoms with E-state index in [4.69, 9.17) is 5.73 Å². The van der Waals surface area contributed by atoms with Crippen molar-refractivity contribution in [2.24, 2.45) is 5.73 Å². The van der Waals surface area contributed by atoms with Crippen LogP contribution in [0.4, 0.5) is 0 Å². The molecule has 3 N–H and O–H groups in total. The van der Waals surface area contributed by atoms with E-state index in [0.29, 0.717) is 24.2 Å². The van der Waals surface area contributed by atoms with Gasteiger partial charge >= 0.3 is 0 Å². The van der Waals surface area contributed by atoms with Gasteiger partial charge in [0, 0.05) is 43.3 Å². The van der Waals surface area contributed by atoms with Crippen molar-refractivity contribution in [3.8, 4) is 0 Å². The van der Waals surface area contributed by atoms with Crippen molar-refractivity contribution in [1.82, 2.24) is 15.2 Å². The largest absolute Gasteiger partial charge is 0.401 e. The van der Waals surface area contributed by atoms with Gasteiger partial charge in [-0.15, -0.1) is 0 Å². The summed E-state index contributed by atoms with van der Waals surface area (Å²) in [6.45, 7) is 4.21. The highest BCUT2D eigenvalue weighted by atomic mass is 16.1. The van der Waals surface area contributed by atoms with Gasteiger partial charge in [-0.3, -0.25) is 14.7 Å². The fourth-order valence-corrected chi connectivity index (χ4v) is 3.10. The molecule has 5 nitrogen and oxygen atoms in total. The predicted octanol–water partition coefficient (Wildman–Crippen LogP) is 2.38. The third-order valence-electron chi connectivity index (χ3n) is 4.51. The zero-order valence-corrected chi connectivity index (χ0v) is 14.5. The van der Waals surface area contributed by atoms with E-state index in [0.717, 1.165) is 24.2 Å². The highest BCUT2D eigenvalue weighted by Crippen LogP contribution is 2.19. The van der Waals surface area contributed by atoms with E-state index < -0.39 is 0 Å². The molecule has 5 heteroatoms. The molecule has 2 aromatic rings. The number of pyridine rings is 1. The molecule has 0 bridgehead atoms. The number of benzene rings is 1. The topological polar surface area (TPSA) is 71.2 Å². The van der Waals surface area contributed by atoms with E-state index in [1.165, 1.54) is 0 Å². The Morgan fingerprint density at radius 2 is 2.08 bits per heavy atom. The Hall–Kier alpha value is -2.66. The number of carbonyl (C=O) groups excluding carboxylic acids is 1. The molecule has 25 heavy (non-hydrogen) atoms. The Labute approximate surface area is 148 Å². The van der Waals surface area contributed by atoms with Crippen LogP contribution in [0.5, 0.6) is 0 Å². The summed E-state index contributed by atoms with van der Waals surface area (Å²) in [5.41, 5.74) is 9.81. The molecule has 1 atom stereocenters. The van der Waals surface area contributed by atoms with E-state index in [1.807, 2.05) is 49.5 Å². The first-order valence-corrected chi connectivity index (χ1v) is 8.58. The maximum atomic E-state index is 12.6. The first kappa shape index (κ1) is 17.2. The van der Waals surface area contributed by atoms with Gasteiger partial charge in [-0.1, -0.05) is 36.4 Å². The molecule has 0 aliphatic carbocycles. The van der Waals surface area contributed by atoms with Gasteiger partial charge in [0.05, 0.1) is 6.04 Å². The number of hydrogen-bond acceptors (Lipinski definition) is 4.